The van der Waals surface area contributed by atoms with Crippen molar-refractivity contribution in [2.24, 2.45) is 0 Å². The maximum Gasteiger partial charge on any atom is 0.224 e. The van der Waals surface area contributed by atoms with Crippen molar-refractivity contribution in [3.05, 3.63) is 12.3 Å². The number of anilines is 2. The molecule has 7 heteroatoms. The van der Waals surface area contributed by atoms with Crippen LogP contribution >= 0.6 is 0 Å². The third-order valence-electron chi connectivity index (χ3n) is 2.66. The summed E-state index contributed by atoms with van der Waals surface area (Å²) in [7, 11) is -2.87. The second-order valence-corrected chi connectivity index (χ2v) is 7.04. The molecule has 0 amide bonds. The predicted molar refractivity (Wildman–Crippen MR) is 71.5 cm³/mol. The molecule has 2 rings (SSSR count). The van der Waals surface area contributed by atoms with Gasteiger partial charge in [0.25, 0.3) is 0 Å². The first kappa shape index (κ1) is 13.1. The molecule has 0 radical (unpaired) electrons. The Morgan fingerprint density at radius 1 is 1.44 bits per heavy atom. The number of sulfone groups is 1. The molecule has 1 atom stereocenters. The fourth-order valence-electron chi connectivity index (χ4n) is 1.88. The monoisotopic (exact) mass is 270 g/mol. The molecule has 18 heavy (non-hydrogen) atoms. The smallest absolute Gasteiger partial charge is 0.224 e. The first-order valence-electron chi connectivity index (χ1n) is 6.01. The minimum Gasteiger partial charge on any atom is -0.366 e. The predicted octanol–water partition coefficient (Wildman–Crippen LogP) is 0.896. The number of aromatic nitrogens is 2. The Labute approximate surface area is 107 Å². The lowest BCUT2D eigenvalue weighted by Gasteiger charge is -2.13. The molecule has 0 aromatic carbocycles. The Kier molecular flexibility index (Phi) is 3.70. The van der Waals surface area contributed by atoms with Gasteiger partial charge in [-0.1, -0.05) is 0 Å². The van der Waals surface area contributed by atoms with E-state index in [-0.39, 0.29) is 23.6 Å². The lowest BCUT2D eigenvalue weighted by atomic mass is 10.2. The summed E-state index contributed by atoms with van der Waals surface area (Å²) in [6.07, 6.45) is 2.29. The van der Waals surface area contributed by atoms with E-state index < -0.39 is 9.84 Å². The van der Waals surface area contributed by atoms with Crippen LogP contribution in [0.3, 0.4) is 0 Å². The van der Waals surface area contributed by atoms with Crippen LogP contribution in [0.4, 0.5) is 11.8 Å². The van der Waals surface area contributed by atoms with Crippen molar-refractivity contribution in [2.75, 3.05) is 22.1 Å². The van der Waals surface area contributed by atoms with Gasteiger partial charge in [0, 0.05) is 18.3 Å². The molecule has 1 unspecified atom stereocenters. The Morgan fingerprint density at radius 3 is 2.83 bits per heavy atom. The van der Waals surface area contributed by atoms with Crippen molar-refractivity contribution in [3.8, 4) is 0 Å². The van der Waals surface area contributed by atoms with E-state index in [1.807, 2.05) is 13.8 Å². The van der Waals surface area contributed by atoms with Crippen LogP contribution in [0.5, 0.6) is 0 Å². The SMILES string of the molecule is CC(C)Nc1nccc(NC2CCS(=O)(=O)C2)n1. The minimum absolute atomic E-state index is 0.0446. The van der Waals surface area contributed by atoms with Gasteiger partial charge in [0.15, 0.2) is 9.84 Å². The highest BCUT2D eigenvalue weighted by molar-refractivity contribution is 7.91. The first-order valence-corrected chi connectivity index (χ1v) is 7.83. The molecule has 2 N–H and O–H groups in total. The average Bonchev–Trinajstić information content (AvgIpc) is 2.57. The van der Waals surface area contributed by atoms with Gasteiger partial charge in [0.2, 0.25) is 5.95 Å². The van der Waals surface area contributed by atoms with Gasteiger partial charge in [-0.2, -0.15) is 4.98 Å². The first-order chi connectivity index (χ1) is 8.44. The second kappa shape index (κ2) is 5.09. The molecule has 1 aromatic rings. The van der Waals surface area contributed by atoms with Crippen LogP contribution in [0.25, 0.3) is 0 Å². The highest BCUT2D eigenvalue weighted by Gasteiger charge is 2.27. The van der Waals surface area contributed by atoms with Crippen LogP contribution in [0.2, 0.25) is 0 Å². The normalized spacial score (nSPS) is 22.1. The van der Waals surface area contributed by atoms with Crippen molar-refractivity contribution in [2.45, 2.75) is 32.4 Å². The Balaban J connectivity index is 2.01. The standard InChI is InChI=1S/C11H18N4O2S/c1-8(2)13-11-12-5-3-10(15-11)14-9-4-6-18(16,17)7-9/h3,5,8-9H,4,6-7H2,1-2H3,(H2,12,13,14,15). The highest BCUT2D eigenvalue weighted by atomic mass is 32.2. The number of hydrogen-bond donors (Lipinski definition) is 2. The number of rotatable bonds is 4. The molecular formula is C11H18N4O2S. The zero-order valence-corrected chi connectivity index (χ0v) is 11.4. The molecule has 0 spiro atoms. The van der Waals surface area contributed by atoms with Gasteiger partial charge in [-0.25, -0.2) is 13.4 Å². The quantitative estimate of drug-likeness (QED) is 0.845. The third kappa shape index (κ3) is 3.56. The van der Waals surface area contributed by atoms with E-state index in [1.165, 1.54) is 0 Å². The largest absolute Gasteiger partial charge is 0.366 e. The maximum atomic E-state index is 11.4. The summed E-state index contributed by atoms with van der Waals surface area (Å²) in [5.41, 5.74) is 0. The fraction of sp³-hybridized carbons (Fsp3) is 0.636. The summed E-state index contributed by atoms with van der Waals surface area (Å²) in [4.78, 5) is 8.40. The van der Waals surface area contributed by atoms with E-state index in [2.05, 4.69) is 20.6 Å². The van der Waals surface area contributed by atoms with Gasteiger partial charge < -0.3 is 10.6 Å². The molecule has 0 bridgehead atoms. The summed E-state index contributed by atoms with van der Waals surface area (Å²) >= 11 is 0. The highest BCUT2D eigenvalue weighted by Crippen LogP contribution is 2.16. The molecule has 1 aliphatic heterocycles. The zero-order chi connectivity index (χ0) is 13.2. The van der Waals surface area contributed by atoms with E-state index in [4.69, 9.17) is 0 Å². The number of nitrogens with zero attached hydrogens (tertiary/aromatic N) is 2. The van der Waals surface area contributed by atoms with Gasteiger partial charge in [0.05, 0.1) is 11.5 Å². The van der Waals surface area contributed by atoms with Crippen LogP contribution in [0.1, 0.15) is 20.3 Å². The van der Waals surface area contributed by atoms with Gasteiger partial charge in [-0.15, -0.1) is 0 Å². The zero-order valence-electron chi connectivity index (χ0n) is 10.5. The summed E-state index contributed by atoms with van der Waals surface area (Å²) in [5.74, 6) is 1.66. The molecule has 0 aliphatic carbocycles. The van der Waals surface area contributed by atoms with Gasteiger partial charge in [-0.3, -0.25) is 0 Å². The molecule has 0 saturated carbocycles. The molecule has 1 aromatic heterocycles. The van der Waals surface area contributed by atoms with Crippen molar-refractivity contribution >= 4 is 21.6 Å². The van der Waals surface area contributed by atoms with E-state index in [9.17, 15) is 8.42 Å². The molecule has 1 aliphatic rings. The number of hydrogen-bond acceptors (Lipinski definition) is 6. The van der Waals surface area contributed by atoms with E-state index in [1.54, 1.807) is 12.3 Å². The van der Waals surface area contributed by atoms with Crippen LogP contribution in [0.15, 0.2) is 12.3 Å². The fourth-order valence-corrected chi connectivity index (χ4v) is 3.56. The minimum atomic E-state index is -2.87. The molecule has 100 valence electrons. The van der Waals surface area contributed by atoms with E-state index in [0.717, 1.165) is 0 Å². The Bertz CT molecular complexity index is 516. The Hall–Kier alpha value is -1.37. The molecule has 6 nitrogen and oxygen atoms in total. The van der Waals surface area contributed by atoms with Crippen molar-refractivity contribution in [1.29, 1.82) is 0 Å². The Morgan fingerprint density at radius 2 is 2.22 bits per heavy atom. The van der Waals surface area contributed by atoms with E-state index >= 15 is 0 Å². The second-order valence-electron chi connectivity index (χ2n) is 4.81. The van der Waals surface area contributed by atoms with Crippen molar-refractivity contribution in [1.82, 2.24) is 9.97 Å². The number of nitrogens with one attached hydrogen (secondary N) is 2. The van der Waals surface area contributed by atoms with Crippen LogP contribution in [0, 0.1) is 0 Å². The lowest BCUT2D eigenvalue weighted by molar-refractivity contribution is 0.602. The molecule has 2 heterocycles. The van der Waals surface area contributed by atoms with Gasteiger partial charge in [-0.05, 0) is 26.3 Å². The van der Waals surface area contributed by atoms with Crippen LogP contribution in [-0.2, 0) is 9.84 Å². The van der Waals surface area contributed by atoms with E-state index in [0.29, 0.717) is 18.2 Å². The van der Waals surface area contributed by atoms with Crippen molar-refractivity contribution < 1.29 is 8.42 Å². The van der Waals surface area contributed by atoms with Crippen LogP contribution in [-0.4, -0.2) is 42.0 Å². The summed E-state index contributed by atoms with van der Waals surface area (Å²) in [5, 5.41) is 6.25. The van der Waals surface area contributed by atoms with Crippen LogP contribution < -0.4 is 10.6 Å². The summed E-state index contributed by atoms with van der Waals surface area (Å²) in [6, 6.07) is 1.96. The third-order valence-corrected chi connectivity index (χ3v) is 4.43. The molecule has 1 saturated heterocycles. The molecule has 1 fully saturated rings. The molecular weight excluding hydrogens is 252 g/mol. The van der Waals surface area contributed by atoms with Gasteiger partial charge in [0.1, 0.15) is 5.82 Å². The summed E-state index contributed by atoms with van der Waals surface area (Å²) in [6.45, 7) is 4.01. The lowest BCUT2D eigenvalue weighted by Crippen LogP contribution is -2.22. The maximum absolute atomic E-state index is 11.4. The average molecular weight is 270 g/mol. The van der Waals surface area contributed by atoms with Gasteiger partial charge >= 0.3 is 0 Å². The summed E-state index contributed by atoms with van der Waals surface area (Å²) < 4.78 is 22.7. The topological polar surface area (TPSA) is 84.0 Å². The van der Waals surface area contributed by atoms with Crippen molar-refractivity contribution in [3.63, 3.8) is 0 Å².